The van der Waals surface area contributed by atoms with Crippen molar-refractivity contribution < 1.29 is 21.6 Å². The minimum absolute atomic E-state index is 0.0450. The second-order valence-electron chi connectivity index (χ2n) is 6.88. The number of benzene rings is 1. The molecule has 0 amide bonds. The SMILES string of the molecule is O=S(=O)(c1ccccc1)N(CC1CCCCC1)c1ncc(C(F)(F)F)cc1Cl. The van der Waals surface area contributed by atoms with Crippen LogP contribution in [0.4, 0.5) is 19.0 Å². The number of hydrogen-bond acceptors (Lipinski definition) is 3. The molecular weight excluding hydrogens is 413 g/mol. The van der Waals surface area contributed by atoms with Crippen molar-refractivity contribution in [2.24, 2.45) is 5.92 Å². The van der Waals surface area contributed by atoms with Crippen molar-refractivity contribution in [2.45, 2.75) is 43.2 Å². The minimum atomic E-state index is -4.61. The lowest BCUT2D eigenvalue weighted by molar-refractivity contribution is -0.137. The highest BCUT2D eigenvalue weighted by Crippen LogP contribution is 2.36. The smallest absolute Gasteiger partial charge is 0.248 e. The number of pyridine rings is 1. The third-order valence-corrected chi connectivity index (χ3v) is 6.91. The van der Waals surface area contributed by atoms with Gasteiger partial charge in [0.15, 0.2) is 5.82 Å². The Balaban J connectivity index is 2.03. The summed E-state index contributed by atoms with van der Waals surface area (Å²) in [5.41, 5.74) is -1.02. The Morgan fingerprint density at radius 3 is 2.32 bits per heavy atom. The zero-order valence-corrected chi connectivity index (χ0v) is 16.6. The van der Waals surface area contributed by atoms with E-state index in [1.54, 1.807) is 18.2 Å². The average Bonchev–Trinajstić information content (AvgIpc) is 2.67. The number of nitrogens with zero attached hydrogens (tertiary/aromatic N) is 2. The minimum Gasteiger partial charge on any atom is -0.248 e. The lowest BCUT2D eigenvalue weighted by Crippen LogP contribution is -2.37. The molecule has 1 saturated carbocycles. The maximum Gasteiger partial charge on any atom is 0.417 e. The van der Waals surface area contributed by atoms with Crippen LogP contribution in [-0.4, -0.2) is 19.9 Å². The molecule has 1 aliphatic carbocycles. The number of anilines is 1. The molecule has 0 aliphatic heterocycles. The molecule has 152 valence electrons. The largest absolute Gasteiger partial charge is 0.417 e. The maximum atomic E-state index is 13.2. The summed E-state index contributed by atoms with van der Waals surface area (Å²) in [5, 5.41) is -0.342. The van der Waals surface area contributed by atoms with Gasteiger partial charge in [0, 0.05) is 12.7 Å². The molecule has 1 aromatic heterocycles. The van der Waals surface area contributed by atoms with Gasteiger partial charge in [-0.25, -0.2) is 17.7 Å². The standard InChI is InChI=1S/C19H20ClF3N2O2S/c20-17-11-15(19(21,22)23)12-24-18(17)25(13-14-7-3-1-4-8-14)28(26,27)16-9-5-2-6-10-16/h2,5-6,9-12,14H,1,3-4,7-8,13H2. The van der Waals surface area contributed by atoms with Gasteiger partial charge in [0.2, 0.25) is 0 Å². The molecule has 1 aliphatic rings. The van der Waals surface area contributed by atoms with Gasteiger partial charge in [-0.05, 0) is 37.0 Å². The third kappa shape index (κ3) is 4.60. The van der Waals surface area contributed by atoms with Crippen molar-refractivity contribution in [3.05, 3.63) is 53.2 Å². The van der Waals surface area contributed by atoms with Gasteiger partial charge in [0.25, 0.3) is 10.0 Å². The summed E-state index contributed by atoms with van der Waals surface area (Å²) >= 11 is 6.07. The van der Waals surface area contributed by atoms with Crippen molar-refractivity contribution in [1.29, 1.82) is 0 Å². The molecular formula is C19H20ClF3N2O2S. The highest BCUT2D eigenvalue weighted by Gasteiger charge is 2.34. The molecule has 9 heteroatoms. The summed E-state index contributed by atoms with van der Waals surface area (Å²) in [7, 11) is -4.02. The van der Waals surface area contributed by atoms with Crippen LogP contribution in [0.15, 0.2) is 47.5 Å². The highest BCUT2D eigenvalue weighted by atomic mass is 35.5. The summed E-state index contributed by atoms with van der Waals surface area (Å²) in [6.07, 6.45) is 0.826. The van der Waals surface area contributed by atoms with Crippen molar-refractivity contribution in [2.75, 3.05) is 10.8 Å². The molecule has 2 aromatic rings. The normalized spacial score (nSPS) is 16.1. The Morgan fingerprint density at radius 1 is 1.11 bits per heavy atom. The first kappa shape index (κ1) is 20.9. The van der Waals surface area contributed by atoms with Crippen LogP contribution in [0, 0.1) is 5.92 Å². The van der Waals surface area contributed by atoms with Gasteiger partial charge in [0.1, 0.15) is 0 Å². The second-order valence-corrected chi connectivity index (χ2v) is 9.15. The van der Waals surface area contributed by atoms with Crippen molar-refractivity contribution in [3.63, 3.8) is 0 Å². The number of rotatable bonds is 5. The fourth-order valence-corrected chi connectivity index (χ4v) is 5.25. The van der Waals surface area contributed by atoms with Crippen LogP contribution in [-0.2, 0) is 16.2 Å². The molecule has 3 rings (SSSR count). The van der Waals surface area contributed by atoms with E-state index in [1.807, 2.05) is 0 Å². The van der Waals surface area contributed by atoms with Gasteiger partial charge < -0.3 is 0 Å². The highest BCUT2D eigenvalue weighted by molar-refractivity contribution is 7.92. The molecule has 0 radical (unpaired) electrons. The van der Waals surface area contributed by atoms with Crippen molar-refractivity contribution >= 4 is 27.4 Å². The topological polar surface area (TPSA) is 50.3 Å². The van der Waals surface area contributed by atoms with Gasteiger partial charge in [-0.2, -0.15) is 13.2 Å². The zero-order valence-electron chi connectivity index (χ0n) is 15.0. The van der Waals surface area contributed by atoms with E-state index in [4.69, 9.17) is 11.6 Å². The van der Waals surface area contributed by atoms with E-state index >= 15 is 0 Å². The van der Waals surface area contributed by atoms with Gasteiger partial charge in [-0.3, -0.25) is 0 Å². The maximum absolute atomic E-state index is 13.2. The van der Waals surface area contributed by atoms with Crippen LogP contribution in [0.3, 0.4) is 0 Å². The monoisotopic (exact) mass is 432 g/mol. The van der Waals surface area contributed by atoms with Gasteiger partial charge in [0.05, 0.1) is 15.5 Å². The Bertz CT molecular complexity index is 915. The van der Waals surface area contributed by atoms with E-state index < -0.39 is 21.8 Å². The molecule has 4 nitrogen and oxygen atoms in total. The molecule has 1 heterocycles. The Hall–Kier alpha value is -1.80. The first-order valence-electron chi connectivity index (χ1n) is 9.00. The lowest BCUT2D eigenvalue weighted by Gasteiger charge is -2.30. The molecule has 1 fully saturated rings. The summed E-state index contributed by atoms with van der Waals surface area (Å²) in [5.74, 6) is -0.0727. The summed E-state index contributed by atoms with van der Waals surface area (Å²) in [4.78, 5) is 3.84. The van der Waals surface area contributed by atoms with E-state index in [9.17, 15) is 21.6 Å². The fourth-order valence-electron chi connectivity index (χ4n) is 3.39. The molecule has 0 saturated heterocycles. The van der Waals surface area contributed by atoms with Gasteiger partial charge >= 0.3 is 6.18 Å². The number of halogens is 4. The van der Waals surface area contributed by atoms with Crippen LogP contribution in [0.25, 0.3) is 0 Å². The molecule has 0 spiro atoms. The molecule has 0 unspecified atom stereocenters. The number of hydrogen-bond donors (Lipinski definition) is 0. The predicted octanol–water partition coefficient (Wildman–Crippen LogP) is 5.53. The lowest BCUT2D eigenvalue weighted by atomic mass is 9.89. The van der Waals surface area contributed by atoms with Crippen LogP contribution >= 0.6 is 11.6 Å². The fraction of sp³-hybridized carbons (Fsp3) is 0.421. The summed E-state index contributed by atoms with van der Waals surface area (Å²) in [6.45, 7) is 0.134. The van der Waals surface area contributed by atoms with Crippen molar-refractivity contribution in [3.8, 4) is 0 Å². The van der Waals surface area contributed by atoms with Gasteiger partial charge in [-0.15, -0.1) is 0 Å². The number of sulfonamides is 1. The Kier molecular flexibility index (Phi) is 6.19. The molecule has 1 aromatic carbocycles. The molecule has 0 atom stereocenters. The first-order chi connectivity index (χ1) is 13.2. The Morgan fingerprint density at radius 2 is 1.75 bits per heavy atom. The van der Waals surface area contributed by atoms with Crippen LogP contribution in [0.2, 0.25) is 5.02 Å². The van der Waals surface area contributed by atoms with Crippen molar-refractivity contribution in [1.82, 2.24) is 4.98 Å². The molecule has 28 heavy (non-hydrogen) atoms. The predicted molar refractivity (Wildman–Crippen MR) is 102 cm³/mol. The zero-order chi connectivity index (χ0) is 20.4. The van der Waals surface area contributed by atoms with Crippen LogP contribution < -0.4 is 4.31 Å². The molecule has 0 N–H and O–H groups in total. The van der Waals surface area contributed by atoms with E-state index in [0.29, 0.717) is 6.20 Å². The summed E-state index contributed by atoms with van der Waals surface area (Å²) < 4.78 is 66.4. The van der Waals surface area contributed by atoms with E-state index in [-0.39, 0.29) is 28.2 Å². The Labute approximate surface area is 167 Å². The summed E-state index contributed by atoms with van der Waals surface area (Å²) in [6, 6.07) is 8.48. The average molecular weight is 433 g/mol. The van der Waals surface area contributed by atoms with E-state index in [0.717, 1.165) is 42.5 Å². The first-order valence-corrected chi connectivity index (χ1v) is 10.8. The number of aromatic nitrogens is 1. The quantitative estimate of drug-likeness (QED) is 0.624. The van der Waals surface area contributed by atoms with E-state index in [1.165, 1.54) is 12.1 Å². The second kappa shape index (κ2) is 8.29. The van der Waals surface area contributed by atoms with Crippen LogP contribution in [0.5, 0.6) is 0 Å². The van der Waals surface area contributed by atoms with Gasteiger partial charge in [-0.1, -0.05) is 49.1 Å². The van der Waals surface area contributed by atoms with E-state index in [2.05, 4.69) is 4.98 Å². The molecule has 0 bridgehead atoms. The van der Waals surface area contributed by atoms with Crippen LogP contribution in [0.1, 0.15) is 37.7 Å². The number of alkyl halides is 3. The third-order valence-electron chi connectivity index (χ3n) is 4.87.